The first-order chi connectivity index (χ1) is 4.85. The van der Waals surface area contributed by atoms with E-state index in [4.69, 9.17) is 11.6 Å². The molecule has 0 fully saturated rings. The van der Waals surface area contributed by atoms with E-state index in [9.17, 15) is 0 Å². The fourth-order valence-electron chi connectivity index (χ4n) is 0.432. The smallest absolute Gasteiger partial charge is 0.0470 e. The first kappa shape index (κ1) is 12.4. The maximum Gasteiger partial charge on any atom is 0.0470 e. The summed E-state index contributed by atoms with van der Waals surface area (Å²) in [6, 6.07) is 0. The summed E-state index contributed by atoms with van der Waals surface area (Å²) < 4.78 is 0. The van der Waals surface area contributed by atoms with E-state index < -0.39 is 0 Å². The molecule has 0 spiro atoms. The number of hydrogen-bond acceptors (Lipinski definition) is 0. The largest absolute Gasteiger partial charge is 0.122 e. The lowest BCUT2D eigenvalue weighted by Gasteiger charge is -1.88. The lowest BCUT2D eigenvalue weighted by atomic mass is 10.3. The van der Waals surface area contributed by atoms with E-state index in [0.717, 1.165) is 0 Å². The molecule has 0 amide bonds. The first-order valence-electron chi connectivity index (χ1n) is 3.69. The molecule has 0 aliphatic carbocycles. The van der Waals surface area contributed by atoms with Crippen LogP contribution in [0.2, 0.25) is 0 Å². The van der Waals surface area contributed by atoms with Crippen LogP contribution in [0.25, 0.3) is 0 Å². The molecule has 0 aromatic heterocycles. The topological polar surface area (TPSA) is 0 Å². The van der Waals surface area contributed by atoms with E-state index in [2.05, 4.69) is 0 Å². The van der Waals surface area contributed by atoms with Gasteiger partial charge in [-0.25, -0.2) is 0 Å². The molecule has 0 saturated carbocycles. The maximum absolute atomic E-state index is 5.53. The van der Waals surface area contributed by atoms with E-state index in [1.165, 1.54) is 5.57 Å². The summed E-state index contributed by atoms with van der Waals surface area (Å²) in [4.78, 5) is 0. The van der Waals surface area contributed by atoms with Gasteiger partial charge in [0.25, 0.3) is 0 Å². The van der Waals surface area contributed by atoms with Gasteiger partial charge in [0.05, 0.1) is 0 Å². The molecule has 0 nitrogen and oxygen atoms in total. The van der Waals surface area contributed by atoms with Crippen molar-refractivity contribution in [2.45, 2.75) is 27.7 Å². The summed E-state index contributed by atoms with van der Waals surface area (Å²) in [6.45, 7) is 7.97. The third-order valence-corrected chi connectivity index (χ3v) is 1.21. The van der Waals surface area contributed by atoms with Crippen LogP contribution >= 0.6 is 11.6 Å². The Labute approximate surface area is 69.6 Å². The van der Waals surface area contributed by atoms with Crippen LogP contribution in [0.1, 0.15) is 27.7 Å². The molecular weight excluding hydrogens is 144 g/mol. The number of alkyl halides is 1. The lowest BCUT2D eigenvalue weighted by Crippen LogP contribution is -1.74. The summed E-state index contributed by atoms with van der Waals surface area (Å²) in [6.07, 6.45) is 6.00. The molecule has 0 radical (unpaired) electrons. The van der Waals surface area contributed by atoms with Crippen LogP contribution in [0.4, 0.5) is 0 Å². The van der Waals surface area contributed by atoms with Crippen molar-refractivity contribution in [3.05, 3.63) is 23.8 Å². The maximum atomic E-state index is 5.53. The molecule has 60 valence electrons. The highest BCUT2D eigenvalue weighted by Gasteiger charge is 1.81. The van der Waals surface area contributed by atoms with Gasteiger partial charge in [-0.15, -0.1) is 11.6 Å². The molecule has 0 atom stereocenters. The van der Waals surface area contributed by atoms with Crippen LogP contribution in [0.15, 0.2) is 23.8 Å². The standard InChI is InChI=1S/C7H11Cl.C2H6/c1-3-5-7(4-2)6-8;1-2/h3-5H,6H2,1-2H3;1-2H3/b5-3-,7-4+;. The van der Waals surface area contributed by atoms with E-state index in [1.54, 1.807) is 0 Å². The van der Waals surface area contributed by atoms with Crippen LogP contribution in [0.3, 0.4) is 0 Å². The SMILES string of the molecule is C/C=C\C(=C/C)CCl.CC. The van der Waals surface area contributed by atoms with Crippen molar-refractivity contribution in [3.8, 4) is 0 Å². The van der Waals surface area contributed by atoms with E-state index in [1.807, 2.05) is 45.9 Å². The zero-order valence-electron chi connectivity index (χ0n) is 7.32. The van der Waals surface area contributed by atoms with Gasteiger partial charge in [0.15, 0.2) is 0 Å². The summed E-state index contributed by atoms with van der Waals surface area (Å²) >= 11 is 5.53. The second kappa shape index (κ2) is 11.6. The van der Waals surface area contributed by atoms with E-state index in [-0.39, 0.29) is 0 Å². The van der Waals surface area contributed by atoms with Gasteiger partial charge in [-0.1, -0.05) is 32.1 Å². The van der Waals surface area contributed by atoms with Crippen molar-refractivity contribution in [3.63, 3.8) is 0 Å². The number of halogens is 1. The van der Waals surface area contributed by atoms with Crippen LogP contribution in [0, 0.1) is 0 Å². The fourth-order valence-corrected chi connectivity index (χ4v) is 0.675. The normalized spacial score (nSPS) is 11.1. The van der Waals surface area contributed by atoms with Gasteiger partial charge in [-0.2, -0.15) is 0 Å². The lowest BCUT2D eigenvalue weighted by molar-refractivity contribution is 1.47. The number of allylic oxidation sites excluding steroid dienone is 4. The van der Waals surface area contributed by atoms with Crippen LogP contribution in [0.5, 0.6) is 0 Å². The average Bonchev–Trinajstić information content (AvgIpc) is 2.04. The molecule has 0 bridgehead atoms. The van der Waals surface area contributed by atoms with Gasteiger partial charge in [-0.05, 0) is 19.4 Å². The van der Waals surface area contributed by atoms with E-state index in [0.29, 0.717) is 5.88 Å². The highest BCUT2D eigenvalue weighted by atomic mass is 35.5. The Kier molecular flexibility index (Phi) is 14.4. The Morgan fingerprint density at radius 2 is 1.80 bits per heavy atom. The van der Waals surface area contributed by atoms with Gasteiger partial charge >= 0.3 is 0 Å². The zero-order valence-corrected chi connectivity index (χ0v) is 8.07. The summed E-state index contributed by atoms with van der Waals surface area (Å²) in [5.41, 5.74) is 1.18. The van der Waals surface area contributed by atoms with Crippen LogP contribution in [-0.2, 0) is 0 Å². The Morgan fingerprint density at radius 3 is 1.90 bits per heavy atom. The highest BCUT2D eigenvalue weighted by Crippen LogP contribution is 1.97. The molecule has 0 aromatic rings. The monoisotopic (exact) mass is 160 g/mol. The molecular formula is C9H17Cl. The van der Waals surface area contributed by atoms with Crippen LogP contribution in [-0.4, -0.2) is 5.88 Å². The fraction of sp³-hybridized carbons (Fsp3) is 0.556. The third kappa shape index (κ3) is 7.77. The zero-order chi connectivity index (χ0) is 8.41. The van der Waals surface area contributed by atoms with Gasteiger partial charge in [0, 0.05) is 5.88 Å². The number of rotatable bonds is 2. The Balaban J connectivity index is 0. The molecule has 0 rings (SSSR count). The second-order valence-electron chi connectivity index (χ2n) is 1.50. The molecule has 0 saturated heterocycles. The van der Waals surface area contributed by atoms with Gasteiger partial charge in [0.1, 0.15) is 0 Å². The second-order valence-corrected chi connectivity index (χ2v) is 1.76. The Morgan fingerprint density at radius 1 is 1.30 bits per heavy atom. The molecule has 0 aliphatic rings. The molecule has 1 heteroatoms. The van der Waals surface area contributed by atoms with Crippen molar-refractivity contribution in [2.75, 3.05) is 5.88 Å². The minimum Gasteiger partial charge on any atom is -0.122 e. The predicted octanol–water partition coefficient (Wildman–Crippen LogP) is 3.77. The third-order valence-electron chi connectivity index (χ3n) is 0.906. The summed E-state index contributed by atoms with van der Waals surface area (Å²) in [5, 5.41) is 0. The quantitative estimate of drug-likeness (QED) is 0.426. The summed E-state index contributed by atoms with van der Waals surface area (Å²) in [7, 11) is 0. The van der Waals surface area contributed by atoms with Gasteiger partial charge in [0.2, 0.25) is 0 Å². The van der Waals surface area contributed by atoms with Gasteiger partial charge in [-0.3, -0.25) is 0 Å². The van der Waals surface area contributed by atoms with Crippen molar-refractivity contribution in [1.29, 1.82) is 0 Å². The number of hydrogen-bond donors (Lipinski definition) is 0. The van der Waals surface area contributed by atoms with Crippen molar-refractivity contribution >= 4 is 11.6 Å². The molecule has 0 N–H and O–H groups in total. The average molecular weight is 161 g/mol. The summed E-state index contributed by atoms with van der Waals surface area (Å²) in [5.74, 6) is 0.612. The first-order valence-corrected chi connectivity index (χ1v) is 4.22. The minimum atomic E-state index is 0.612. The van der Waals surface area contributed by atoms with Gasteiger partial charge < -0.3 is 0 Å². The highest BCUT2D eigenvalue weighted by molar-refractivity contribution is 6.19. The predicted molar refractivity (Wildman–Crippen MR) is 50.6 cm³/mol. The molecule has 0 unspecified atom stereocenters. The molecule has 0 aliphatic heterocycles. The molecule has 0 aromatic carbocycles. The van der Waals surface area contributed by atoms with Crippen molar-refractivity contribution in [2.24, 2.45) is 0 Å². The molecule has 10 heavy (non-hydrogen) atoms. The minimum absolute atomic E-state index is 0.612. The Hall–Kier alpha value is -0.230. The molecule has 0 heterocycles. The van der Waals surface area contributed by atoms with Crippen molar-refractivity contribution in [1.82, 2.24) is 0 Å². The van der Waals surface area contributed by atoms with E-state index >= 15 is 0 Å². The van der Waals surface area contributed by atoms with Crippen molar-refractivity contribution < 1.29 is 0 Å². The Bertz CT molecular complexity index is 98.5. The van der Waals surface area contributed by atoms with Crippen LogP contribution < -0.4 is 0 Å².